The standard InChI is InChI=1S/C9H12N2O2/c10-7-3-1-6(2-4-7)5-8(11)9(12)13/h1-4,8H,5,10-11H2,(H,12,13)/p+2. The van der Waals surface area contributed by atoms with Crippen molar-refractivity contribution < 1.29 is 21.4 Å². The van der Waals surface area contributed by atoms with Crippen LogP contribution in [0, 0.1) is 0 Å². The van der Waals surface area contributed by atoms with Crippen LogP contribution in [0.1, 0.15) is 5.56 Å². The minimum absolute atomic E-state index is 0.468. The number of carboxylic acids is 1. The van der Waals surface area contributed by atoms with Crippen molar-refractivity contribution in [1.82, 2.24) is 0 Å². The molecule has 0 aliphatic heterocycles. The first-order chi connectivity index (χ1) is 6.09. The van der Waals surface area contributed by atoms with Gasteiger partial charge in [0.25, 0.3) is 0 Å². The maximum Gasteiger partial charge on any atom is 0.362 e. The van der Waals surface area contributed by atoms with Crippen LogP contribution in [0.3, 0.4) is 0 Å². The normalized spacial score (nSPS) is 12.5. The summed E-state index contributed by atoms with van der Waals surface area (Å²) < 4.78 is 0. The fraction of sp³-hybridized carbons (Fsp3) is 0.222. The molecule has 0 fully saturated rings. The van der Waals surface area contributed by atoms with E-state index in [1.165, 1.54) is 0 Å². The number of hydrogen-bond acceptors (Lipinski definition) is 1. The van der Waals surface area contributed by atoms with E-state index in [0.717, 1.165) is 11.3 Å². The largest absolute Gasteiger partial charge is 0.477 e. The highest BCUT2D eigenvalue weighted by Crippen LogP contribution is 2.05. The van der Waals surface area contributed by atoms with Gasteiger partial charge in [-0.3, -0.25) is 0 Å². The van der Waals surface area contributed by atoms with Gasteiger partial charge < -0.3 is 16.6 Å². The average Bonchev–Trinajstić information content (AvgIpc) is 2.08. The molecule has 0 spiro atoms. The Morgan fingerprint density at radius 1 is 1.38 bits per heavy atom. The molecule has 0 heterocycles. The van der Waals surface area contributed by atoms with Gasteiger partial charge in [-0.2, -0.15) is 0 Å². The predicted octanol–water partition coefficient (Wildman–Crippen LogP) is -1.20. The summed E-state index contributed by atoms with van der Waals surface area (Å²) in [4.78, 5) is 10.5. The molecule has 1 rings (SSSR count). The maximum absolute atomic E-state index is 10.5. The second-order valence-electron chi connectivity index (χ2n) is 3.06. The lowest BCUT2D eigenvalue weighted by atomic mass is 10.1. The van der Waals surface area contributed by atoms with Crippen LogP contribution in [0.2, 0.25) is 0 Å². The van der Waals surface area contributed by atoms with Crippen LogP contribution < -0.4 is 11.5 Å². The number of rotatable bonds is 3. The topological polar surface area (TPSA) is 92.6 Å². The molecule has 1 aromatic carbocycles. The van der Waals surface area contributed by atoms with Gasteiger partial charge in [-0.1, -0.05) is 12.1 Å². The summed E-state index contributed by atoms with van der Waals surface area (Å²) in [6.07, 6.45) is 0.468. The summed E-state index contributed by atoms with van der Waals surface area (Å²) in [5.41, 5.74) is 9.20. The molecule has 4 nitrogen and oxygen atoms in total. The zero-order valence-electron chi connectivity index (χ0n) is 7.36. The van der Waals surface area contributed by atoms with Gasteiger partial charge in [0.05, 0.1) is 0 Å². The number of carbonyl (C=O) groups is 1. The molecule has 13 heavy (non-hydrogen) atoms. The van der Waals surface area contributed by atoms with Crippen molar-refractivity contribution in [3.8, 4) is 0 Å². The zero-order valence-corrected chi connectivity index (χ0v) is 7.36. The number of quaternary nitrogens is 2. The van der Waals surface area contributed by atoms with Crippen LogP contribution in [0.4, 0.5) is 5.69 Å². The summed E-state index contributed by atoms with van der Waals surface area (Å²) in [5.74, 6) is -0.862. The quantitative estimate of drug-likeness (QED) is 0.547. The molecule has 0 aliphatic carbocycles. The molecule has 0 radical (unpaired) electrons. The molecule has 0 aliphatic rings. The average molecular weight is 182 g/mol. The van der Waals surface area contributed by atoms with Crippen molar-refractivity contribution in [2.75, 3.05) is 0 Å². The van der Waals surface area contributed by atoms with Crippen LogP contribution >= 0.6 is 0 Å². The fourth-order valence-electron chi connectivity index (χ4n) is 1.05. The predicted molar refractivity (Wildman–Crippen MR) is 47.0 cm³/mol. The van der Waals surface area contributed by atoms with E-state index >= 15 is 0 Å². The maximum atomic E-state index is 10.5. The molecular formula is C9H14N2O2+2. The Morgan fingerprint density at radius 3 is 2.38 bits per heavy atom. The lowest BCUT2D eigenvalue weighted by molar-refractivity contribution is -0.407. The second kappa shape index (κ2) is 4.02. The summed E-state index contributed by atoms with van der Waals surface area (Å²) in [7, 11) is 0. The third-order valence-corrected chi connectivity index (χ3v) is 1.85. The Kier molecular flexibility index (Phi) is 3.00. The first-order valence-corrected chi connectivity index (χ1v) is 4.06. The lowest BCUT2D eigenvalue weighted by Gasteiger charge is -2.02. The molecule has 0 bridgehead atoms. The van der Waals surface area contributed by atoms with Gasteiger partial charge in [-0.15, -0.1) is 0 Å². The van der Waals surface area contributed by atoms with E-state index in [2.05, 4.69) is 11.5 Å². The number of hydrogen-bond donors (Lipinski definition) is 3. The van der Waals surface area contributed by atoms with Gasteiger partial charge in [0.2, 0.25) is 0 Å². The van der Waals surface area contributed by atoms with Gasteiger partial charge >= 0.3 is 5.97 Å². The van der Waals surface area contributed by atoms with Crippen LogP contribution in [-0.2, 0) is 11.2 Å². The first kappa shape index (κ1) is 9.70. The second-order valence-corrected chi connectivity index (χ2v) is 3.06. The minimum atomic E-state index is -0.862. The van der Waals surface area contributed by atoms with E-state index in [1.807, 2.05) is 24.3 Å². The molecule has 1 unspecified atom stereocenters. The van der Waals surface area contributed by atoms with E-state index in [1.54, 1.807) is 0 Å². The van der Waals surface area contributed by atoms with Gasteiger partial charge in [0, 0.05) is 6.42 Å². The van der Waals surface area contributed by atoms with E-state index in [-0.39, 0.29) is 0 Å². The van der Waals surface area contributed by atoms with Gasteiger partial charge in [0.1, 0.15) is 5.69 Å². The Bertz CT molecular complexity index is 295. The molecular weight excluding hydrogens is 168 g/mol. The SMILES string of the molecule is [NH3+]c1ccc(CC([NH3+])C(=O)O)cc1. The highest BCUT2D eigenvalue weighted by atomic mass is 16.4. The van der Waals surface area contributed by atoms with Gasteiger partial charge in [0.15, 0.2) is 6.04 Å². The highest BCUT2D eigenvalue weighted by molar-refractivity contribution is 5.71. The van der Waals surface area contributed by atoms with Crippen molar-refractivity contribution in [2.45, 2.75) is 12.5 Å². The van der Waals surface area contributed by atoms with Crippen molar-refractivity contribution in [3.05, 3.63) is 29.8 Å². The number of carboxylic acid groups (broad SMARTS) is 1. The summed E-state index contributed by atoms with van der Waals surface area (Å²) in [5, 5.41) is 8.62. The summed E-state index contributed by atoms with van der Waals surface area (Å²) in [6, 6.07) is 6.91. The van der Waals surface area contributed by atoms with Crippen LogP contribution in [0.15, 0.2) is 24.3 Å². The highest BCUT2D eigenvalue weighted by Gasteiger charge is 2.15. The van der Waals surface area contributed by atoms with Crippen molar-refractivity contribution in [1.29, 1.82) is 0 Å². The van der Waals surface area contributed by atoms with E-state index in [9.17, 15) is 4.79 Å². The third kappa shape index (κ3) is 2.85. The van der Waals surface area contributed by atoms with Crippen LogP contribution in [0.25, 0.3) is 0 Å². The Hall–Kier alpha value is -1.39. The number of benzene rings is 1. The third-order valence-electron chi connectivity index (χ3n) is 1.85. The molecule has 70 valence electrons. The Labute approximate surface area is 76.2 Å². The first-order valence-electron chi connectivity index (χ1n) is 4.06. The molecule has 4 heteroatoms. The van der Waals surface area contributed by atoms with Gasteiger partial charge in [-0.05, 0) is 17.7 Å². The van der Waals surface area contributed by atoms with Crippen molar-refractivity contribution >= 4 is 11.7 Å². The van der Waals surface area contributed by atoms with E-state index in [4.69, 9.17) is 5.11 Å². The van der Waals surface area contributed by atoms with Gasteiger partial charge in [-0.25, -0.2) is 4.79 Å². The van der Waals surface area contributed by atoms with E-state index in [0.29, 0.717) is 6.42 Å². The van der Waals surface area contributed by atoms with Crippen LogP contribution in [0.5, 0.6) is 0 Å². The van der Waals surface area contributed by atoms with Crippen molar-refractivity contribution in [2.24, 2.45) is 0 Å². The summed E-state index contributed by atoms with van der Waals surface area (Å²) >= 11 is 0. The molecule has 1 aromatic rings. The summed E-state index contributed by atoms with van der Waals surface area (Å²) in [6.45, 7) is 0. The Balaban J connectivity index is 2.64. The zero-order chi connectivity index (χ0) is 9.84. The van der Waals surface area contributed by atoms with E-state index < -0.39 is 12.0 Å². The molecule has 0 saturated carbocycles. The lowest BCUT2D eigenvalue weighted by Crippen LogP contribution is -2.65. The Morgan fingerprint density at radius 2 is 1.92 bits per heavy atom. The van der Waals surface area contributed by atoms with Crippen LogP contribution in [-0.4, -0.2) is 17.1 Å². The molecule has 1 atom stereocenters. The molecule has 7 N–H and O–H groups in total. The van der Waals surface area contributed by atoms with Crippen molar-refractivity contribution in [3.63, 3.8) is 0 Å². The molecule has 0 amide bonds. The molecule has 0 saturated heterocycles. The molecule has 0 aromatic heterocycles. The monoisotopic (exact) mass is 182 g/mol. The number of aliphatic carboxylic acids is 1. The minimum Gasteiger partial charge on any atom is -0.477 e. The fourth-order valence-corrected chi connectivity index (χ4v) is 1.05. The smallest absolute Gasteiger partial charge is 0.362 e.